The van der Waals surface area contributed by atoms with Gasteiger partial charge in [-0.25, -0.2) is 4.79 Å². The molecule has 0 spiro atoms. The molecule has 3 aromatic carbocycles. The van der Waals surface area contributed by atoms with Crippen LogP contribution in [0.3, 0.4) is 0 Å². The first-order chi connectivity index (χ1) is 21.2. The molecule has 0 aliphatic rings. The zero-order valence-electron chi connectivity index (χ0n) is 25.5. The van der Waals surface area contributed by atoms with Crippen molar-refractivity contribution in [1.29, 1.82) is 0 Å². The SMILES string of the molecule is CCC[C@H](O)[C@H](CN(Cc1ccc(C)cc1C)C(=O)OCc1ccccc1)NC(=O)CC(=O)Nc1cc(N)cc(C(F)(F)F)c1. The molecule has 0 heterocycles. The van der Waals surface area contributed by atoms with Crippen LogP contribution in [0.1, 0.15) is 54.0 Å². The molecule has 2 atom stereocenters. The average molecular weight is 629 g/mol. The standard InChI is InChI=1S/C33H39F3N4O5/c1-4-8-29(41)28(39-31(43)17-30(42)38-27-15-25(33(34,35)36)14-26(37)16-27)19-40(18-24-12-11-21(2)13-22(24)3)32(44)45-20-23-9-6-5-7-10-23/h5-7,9-16,28-29,41H,4,8,17-20,37H2,1-3H3,(H,38,42)(H,39,43)/t28-,29-/m0/s1. The molecule has 0 saturated carbocycles. The van der Waals surface area contributed by atoms with Gasteiger partial charge in [-0.15, -0.1) is 0 Å². The Labute approximate surface area is 260 Å². The molecule has 0 aliphatic heterocycles. The first-order valence-corrected chi connectivity index (χ1v) is 14.5. The van der Waals surface area contributed by atoms with Crippen molar-refractivity contribution in [2.45, 2.75) is 71.5 Å². The maximum atomic E-state index is 13.4. The summed E-state index contributed by atoms with van der Waals surface area (Å²) in [5, 5.41) is 15.8. The lowest BCUT2D eigenvalue weighted by Gasteiger charge is -2.31. The van der Waals surface area contributed by atoms with Gasteiger partial charge < -0.3 is 31.1 Å². The van der Waals surface area contributed by atoms with Crippen molar-refractivity contribution in [2.75, 3.05) is 17.6 Å². The number of amides is 3. The van der Waals surface area contributed by atoms with Crippen LogP contribution in [0.15, 0.2) is 66.7 Å². The summed E-state index contributed by atoms with van der Waals surface area (Å²) in [5.41, 5.74) is 7.68. The fraction of sp³-hybridized carbons (Fsp3) is 0.364. The summed E-state index contributed by atoms with van der Waals surface area (Å²) < 4.78 is 45.1. The molecular weight excluding hydrogens is 589 g/mol. The Hall–Kier alpha value is -4.58. The number of carbonyl (C=O) groups excluding carboxylic acids is 3. The summed E-state index contributed by atoms with van der Waals surface area (Å²) in [6.07, 6.45) is -6.31. The van der Waals surface area contributed by atoms with Crippen LogP contribution < -0.4 is 16.4 Å². The zero-order valence-corrected chi connectivity index (χ0v) is 25.5. The minimum Gasteiger partial charge on any atom is -0.445 e. The predicted molar refractivity (Wildman–Crippen MR) is 165 cm³/mol. The Morgan fingerprint density at radius 3 is 2.36 bits per heavy atom. The number of aliphatic hydroxyl groups excluding tert-OH is 1. The number of anilines is 2. The summed E-state index contributed by atoms with van der Waals surface area (Å²) in [7, 11) is 0. The van der Waals surface area contributed by atoms with Crippen LogP contribution >= 0.6 is 0 Å². The third kappa shape index (κ3) is 11.1. The van der Waals surface area contributed by atoms with Gasteiger partial charge in [0.25, 0.3) is 0 Å². The van der Waals surface area contributed by atoms with Crippen LogP contribution in [0.2, 0.25) is 0 Å². The largest absolute Gasteiger partial charge is 0.445 e. The van der Waals surface area contributed by atoms with E-state index < -0.39 is 48.2 Å². The minimum absolute atomic E-state index is 0.0117. The van der Waals surface area contributed by atoms with Crippen LogP contribution in [0, 0.1) is 13.8 Å². The smallest absolute Gasteiger partial charge is 0.416 e. The molecule has 0 radical (unpaired) electrons. The van der Waals surface area contributed by atoms with Gasteiger partial charge in [0, 0.05) is 24.5 Å². The monoisotopic (exact) mass is 628 g/mol. The van der Waals surface area contributed by atoms with Crippen LogP contribution in [-0.4, -0.2) is 46.6 Å². The Bertz CT molecular complexity index is 1470. The molecule has 9 nitrogen and oxygen atoms in total. The number of nitrogens with two attached hydrogens (primary N) is 1. The zero-order chi connectivity index (χ0) is 33.1. The topological polar surface area (TPSA) is 134 Å². The number of hydrogen-bond acceptors (Lipinski definition) is 6. The van der Waals surface area contributed by atoms with Crippen molar-refractivity contribution < 1.29 is 37.4 Å². The van der Waals surface area contributed by atoms with E-state index in [1.807, 2.05) is 69.3 Å². The Morgan fingerprint density at radius 1 is 1.00 bits per heavy atom. The molecule has 0 aliphatic carbocycles. The summed E-state index contributed by atoms with van der Waals surface area (Å²) in [5.74, 6) is -1.68. The first kappa shape index (κ1) is 34.9. The number of hydrogen-bond donors (Lipinski definition) is 4. The molecule has 0 unspecified atom stereocenters. The molecule has 3 aromatic rings. The van der Waals surface area contributed by atoms with Crippen LogP contribution in [0.25, 0.3) is 0 Å². The highest BCUT2D eigenvalue weighted by Gasteiger charge is 2.32. The molecule has 45 heavy (non-hydrogen) atoms. The number of rotatable bonds is 13. The van der Waals surface area contributed by atoms with Gasteiger partial charge in [0.15, 0.2) is 0 Å². The number of carbonyl (C=O) groups is 3. The number of aryl methyl sites for hydroxylation is 2. The fourth-order valence-electron chi connectivity index (χ4n) is 4.74. The molecule has 5 N–H and O–H groups in total. The lowest BCUT2D eigenvalue weighted by molar-refractivity contribution is -0.137. The van der Waals surface area contributed by atoms with Gasteiger partial charge in [-0.05, 0) is 55.2 Å². The molecule has 242 valence electrons. The molecule has 3 amide bonds. The predicted octanol–water partition coefficient (Wildman–Crippen LogP) is 5.72. The molecule has 3 rings (SSSR count). The van der Waals surface area contributed by atoms with E-state index in [9.17, 15) is 32.7 Å². The van der Waals surface area contributed by atoms with Crippen molar-refractivity contribution in [3.05, 3.63) is 94.5 Å². The normalized spacial score (nSPS) is 12.6. The van der Waals surface area contributed by atoms with Crippen molar-refractivity contribution in [2.24, 2.45) is 0 Å². The minimum atomic E-state index is -4.68. The maximum absolute atomic E-state index is 13.4. The van der Waals surface area contributed by atoms with Gasteiger partial charge in [0.05, 0.1) is 17.7 Å². The van der Waals surface area contributed by atoms with Gasteiger partial charge in [0.1, 0.15) is 13.0 Å². The van der Waals surface area contributed by atoms with Crippen molar-refractivity contribution in [1.82, 2.24) is 10.2 Å². The Kier molecular flexibility index (Phi) is 12.4. The first-order valence-electron chi connectivity index (χ1n) is 14.5. The summed E-state index contributed by atoms with van der Waals surface area (Å²) >= 11 is 0. The average Bonchev–Trinajstić information content (AvgIpc) is 2.96. The van der Waals surface area contributed by atoms with Gasteiger partial charge in [-0.2, -0.15) is 13.2 Å². The van der Waals surface area contributed by atoms with Gasteiger partial charge in [-0.3, -0.25) is 9.59 Å². The van der Waals surface area contributed by atoms with Crippen molar-refractivity contribution in [3.8, 4) is 0 Å². The van der Waals surface area contributed by atoms with Crippen LogP contribution in [0.5, 0.6) is 0 Å². The highest BCUT2D eigenvalue weighted by molar-refractivity contribution is 6.03. The van der Waals surface area contributed by atoms with Crippen LogP contribution in [0.4, 0.5) is 29.3 Å². The second kappa shape index (κ2) is 15.9. The number of alkyl halides is 3. The molecule has 0 saturated heterocycles. The third-order valence-electron chi connectivity index (χ3n) is 7.02. The summed E-state index contributed by atoms with van der Waals surface area (Å²) in [4.78, 5) is 40.3. The second-order valence-corrected chi connectivity index (χ2v) is 10.9. The number of nitrogens with zero attached hydrogens (tertiary/aromatic N) is 1. The fourth-order valence-corrected chi connectivity index (χ4v) is 4.74. The van der Waals surface area contributed by atoms with E-state index in [1.54, 1.807) is 0 Å². The second-order valence-electron chi connectivity index (χ2n) is 10.9. The molecule has 0 aromatic heterocycles. The number of aliphatic hydroxyl groups is 1. The molecule has 12 heteroatoms. The summed E-state index contributed by atoms with van der Waals surface area (Å²) in [6, 6.07) is 16.5. The highest BCUT2D eigenvalue weighted by atomic mass is 19.4. The number of ether oxygens (including phenoxy) is 1. The number of nitrogens with one attached hydrogen (secondary N) is 2. The number of benzene rings is 3. The van der Waals surface area contributed by atoms with E-state index in [2.05, 4.69) is 10.6 Å². The highest BCUT2D eigenvalue weighted by Crippen LogP contribution is 2.32. The molecule has 0 bridgehead atoms. The van der Waals surface area contributed by atoms with E-state index in [-0.39, 0.29) is 37.5 Å². The Morgan fingerprint density at radius 2 is 1.71 bits per heavy atom. The van der Waals surface area contributed by atoms with Crippen molar-refractivity contribution in [3.63, 3.8) is 0 Å². The quantitative estimate of drug-likeness (QED) is 0.141. The van der Waals surface area contributed by atoms with Gasteiger partial charge >= 0.3 is 12.3 Å². The van der Waals surface area contributed by atoms with E-state index in [0.717, 1.165) is 34.4 Å². The molecule has 0 fully saturated rings. The van der Waals surface area contributed by atoms with Crippen LogP contribution in [-0.2, 0) is 33.7 Å². The van der Waals surface area contributed by atoms with E-state index in [0.29, 0.717) is 12.5 Å². The lowest BCUT2D eigenvalue weighted by Crippen LogP contribution is -2.52. The number of halogens is 3. The van der Waals surface area contributed by atoms with E-state index >= 15 is 0 Å². The van der Waals surface area contributed by atoms with Crippen molar-refractivity contribution >= 4 is 29.3 Å². The van der Waals surface area contributed by atoms with E-state index in [4.69, 9.17) is 10.5 Å². The number of nitrogen functional groups attached to an aromatic ring is 1. The lowest BCUT2D eigenvalue weighted by atomic mass is 10.0. The summed E-state index contributed by atoms with van der Waals surface area (Å²) in [6.45, 7) is 5.71. The maximum Gasteiger partial charge on any atom is 0.416 e. The third-order valence-corrected chi connectivity index (χ3v) is 7.02. The van der Waals surface area contributed by atoms with Gasteiger partial charge in [-0.1, -0.05) is 67.4 Å². The van der Waals surface area contributed by atoms with Gasteiger partial charge in [0.2, 0.25) is 11.8 Å². The Balaban J connectivity index is 1.76. The van der Waals surface area contributed by atoms with E-state index in [1.165, 1.54) is 4.90 Å². The molecular formula is C33H39F3N4O5.